The fourth-order valence-corrected chi connectivity index (χ4v) is 3.45. The van der Waals surface area contributed by atoms with Gasteiger partial charge in [-0.2, -0.15) is 10.2 Å². The van der Waals surface area contributed by atoms with Crippen molar-refractivity contribution in [2.75, 3.05) is 5.43 Å². The Bertz CT molecular complexity index is 1310. The molecule has 0 saturated carbocycles. The zero-order chi connectivity index (χ0) is 22.3. The number of aromatic nitrogens is 2. The minimum atomic E-state index is -0.531. The van der Waals surface area contributed by atoms with Gasteiger partial charge in [0.2, 0.25) is 0 Å². The van der Waals surface area contributed by atoms with E-state index in [1.807, 2.05) is 35.7 Å². The Morgan fingerprint density at radius 1 is 1.06 bits per heavy atom. The van der Waals surface area contributed by atoms with E-state index < -0.39 is 10.8 Å². The summed E-state index contributed by atoms with van der Waals surface area (Å²) in [5.74, 6) is -0.0664. The lowest BCUT2D eigenvalue weighted by molar-refractivity contribution is -0.384. The van der Waals surface area contributed by atoms with E-state index in [9.17, 15) is 14.9 Å². The van der Waals surface area contributed by atoms with Gasteiger partial charge in [0.05, 0.1) is 21.5 Å². The molecular weight excluding hydrogens is 430 g/mol. The van der Waals surface area contributed by atoms with E-state index in [4.69, 9.17) is 0 Å². The molecule has 4 aromatic rings. The van der Waals surface area contributed by atoms with Gasteiger partial charge in [-0.25, -0.2) is 15.4 Å². The monoisotopic (exact) mass is 445 g/mol. The summed E-state index contributed by atoms with van der Waals surface area (Å²) in [6.45, 7) is 0. The summed E-state index contributed by atoms with van der Waals surface area (Å²) in [7, 11) is 0. The van der Waals surface area contributed by atoms with Gasteiger partial charge in [-0.1, -0.05) is 18.2 Å². The Morgan fingerprint density at radius 3 is 2.62 bits per heavy atom. The van der Waals surface area contributed by atoms with Crippen LogP contribution >= 0.6 is 11.3 Å². The molecule has 4 rings (SSSR count). The third kappa shape index (κ3) is 4.79. The van der Waals surface area contributed by atoms with Gasteiger partial charge >= 0.3 is 0 Å². The van der Waals surface area contributed by atoms with Crippen molar-refractivity contribution < 1.29 is 9.72 Å². The summed E-state index contributed by atoms with van der Waals surface area (Å²) in [6, 6.07) is 16.8. The summed E-state index contributed by atoms with van der Waals surface area (Å²) in [6.07, 6.45) is 2.80. The molecule has 0 bridgehead atoms. The van der Waals surface area contributed by atoms with Crippen LogP contribution < -0.4 is 10.9 Å². The molecule has 0 atom stereocenters. The highest BCUT2D eigenvalue weighted by Crippen LogP contribution is 2.19. The molecule has 0 unspecified atom stereocenters. The van der Waals surface area contributed by atoms with Crippen LogP contribution in [-0.2, 0) is 4.79 Å². The summed E-state index contributed by atoms with van der Waals surface area (Å²) in [5.41, 5.74) is 6.72. The topological polar surface area (TPSA) is 135 Å². The van der Waals surface area contributed by atoms with E-state index in [-0.39, 0.29) is 11.4 Å². The molecule has 158 valence electrons. The highest BCUT2D eigenvalue weighted by atomic mass is 32.1. The molecule has 1 amide bonds. The number of thiophene rings is 1. The van der Waals surface area contributed by atoms with Crippen molar-refractivity contribution in [3.8, 4) is 0 Å². The minimum Gasteiger partial charge on any atom is -0.265 e. The van der Waals surface area contributed by atoms with Crippen molar-refractivity contribution in [2.24, 2.45) is 10.2 Å². The number of carbonyl (C=O) groups is 1. The Balaban J connectivity index is 1.52. The summed E-state index contributed by atoms with van der Waals surface area (Å²) < 4.78 is 0. The smallest absolute Gasteiger partial charge is 0.265 e. The van der Waals surface area contributed by atoms with Crippen LogP contribution in [0.1, 0.15) is 10.4 Å². The first-order valence-corrected chi connectivity index (χ1v) is 10.1. The molecule has 10 nitrogen and oxygen atoms in total. The Kier molecular flexibility index (Phi) is 6.18. The molecule has 0 aliphatic rings. The second-order valence-corrected chi connectivity index (χ2v) is 7.28. The van der Waals surface area contributed by atoms with Crippen LogP contribution in [0.4, 0.5) is 11.5 Å². The number of amides is 1. The predicted molar refractivity (Wildman–Crippen MR) is 123 cm³/mol. The second kappa shape index (κ2) is 9.53. The molecule has 0 aliphatic carbocycles. The summed E-state index contributed by atoms with van der Waals surface area (Å²) in [4.78, 5) is 32.0. The Labute approximate surface area is 185 Å². The van der Waals surface area contributed by atoms with Gasteiger partial charge in [0.15, 0.2) is 11.5 Å². The van der Waals surface area contributed by atoms with Gasteiger partial charge in [-0.15, -0.1) is 11.3 Å². The van der Waals surface area contributed by atoms with E-state index in [1.165, 1.54) is 48.1 Å². The van der Waals surface area contributed by atoms with Gasteiger partial charge in [0.25, 0.3) is 11.6 Å². The van der Waals surface area contributed by atoms with E-state index in [1.54, 1.807) is 6.07 Å². The van der Waals surface area contributed by atoms with Crippen LogP contribution in [0.3, 0.4) is 0 Å². The maximum atomic E-state index is 12.7. The van der Waals surface area contributed by atoms with Gasteiger partial charge < -0.3 is 0 Å². The third-order valence-electron chi connectivity index (χ3n) is 4.27. The zero-order valence-electron chi connectivity index (χ0n) is 16.4. The number of carbonyl (C=O) groups excluding carboxylic acids is 1. The molecule has 0 fully saturated rings. The quantitative estimate of drug-likeness (QED) is 0.254. The molecule has 2 heterocycles. The highest BCUT2D eigenvalue weighted by Gasteiger charge is 2.15. The van der Waals surface area contributed by atoms with E-state index in [2.05, 4.69) is 31.0 Å². The number of hydrogen-bond acceptors (Lipinski definition) is 9. The van der Waals surface area contributed by atoms with E-state index in [0.29, 0.717) is 16.3 Å². The van der Waals surface area contributed by atoms with Gasteiger partial charge in [0.1, 0.15) is 6.33 Å². The number of nitrogens with zero attached hydrogens (tertiary/aromatic N) is 5. The Morgan fingerprint density at radius 2 is 1.88 bits per heavy atom. The molecule has 11 heteroatoms. The van der Waals surface area contributed by atoms with Crippen molar-refractivity contribution in [1.82, 2.24) is 15.4 Å². The average molecular weight is 445 g/mol. The van der Waals surface area contributed by atoms with Crippen LogP contribution in [0.5, 0.6) is 0 Å². The summed E-state index contributed by atoms with van der Waals surface area (Å²) in [5, 5.41) is 21.5. The third-order valence-corrected chi connectivity index (χ3v) is 5.15. The lowest BCUT2D eigenvalue weighted by atomic mass is 10.2. The van der Waals surface area contributed by atoms with Crippen LogP contribution in [0.2, 0.25) is 0 Å². The number of nitro groups is 1. The van der Waals surface area contributed by atoms with Crippen molar-refractivity contribution >= 4 is 51.6 Å². The zero-order valence-corrected chi connectivity index (χ0v) is 17.2. The number of non-ortho nitro benzene ring substituents is 1. The molecule has 0 saturated heterocycles. The number of hydrogen-bond donors (Lipinski definition) is 2. The number of hydrazone groups is 2. The number of benzene rings is 2. The molecule has 2 aromatic heterocycles. The van der Waals surface area contributed by atoms with Crippen molar-refractivity contribution in [2.45, 2.75) is 0 Å². The number of nitro benzene ring substituents is 1. The van der Waals surface area contributed by atoms with Crippen LogP contribution in [-0.4, -0.2) is 32.7 Å². The minimum absolute atomic E-state index is 0.0263. The standard InChI is InChI=1S/C21H15N7O3S/c29-21(27-24-12-14-7-9-15(10-8-14)28(30)31)19(18-6-3-11-32-18)25-26-20-16-4-1-2-5-17(16)22-13-23-20/h1-13H,(H,27,29)(H,22,23,26). The second-order valence-electron chi connectivity index (χ2n) is 6.34. The first-order chi connectivity index (χ1) is 15.6. The molecule has 2 aromatic carbocycles. The van der Waals surface area contributed by atoms with Gasteiger partial charge in [-0.05, 0) is 41.3 Å². The normalized spacial score (nSPS) is 11.6. The average Bonchev–Trinajstić information content (AvgIpc) is 3.34. The largest absolute Gasteiger partial charge is 0.293 e. The Hall–Kier alpha value is -4.51. The maximum absolute atomic E-state index is 12.7. The fraction of sp³-hybridized carbons (Fsp3) is 0. The first kappa shape index (κ1) is 20.8. The SMILES string of the molecule is O=C(NN=Cc1ccc([N+](=O)[O-])cc1)C(=NNc1ncnc2ccccc12)c1cccs1. The fourth-order valence-electron chi connectivity index (χ4n) is 2.73. The highest BCUT2D eigenvalue weighted by molar-refractivity contribution is 7.13. The molecule has 0 radical (unpaired) electrons. The molecule has 32 heavy (non-hydrogen) atoms. The number of para-hydroxylation sites is 1. The van der Waals surface area contributed by atoms with Crippen molar-refractivity contribution in [3.63, 3.8) is 0 Å². The molecule has 0 aliphatic heterocycles. The lowest BCUT2D eigenvalue weighted by Gasteiger charge is -2.06. The van der Waals surface area contributed by atoms with Crippen molar-refractivity contribution in [3.05, 3.63) is 92.9 Å². The lowest BCUT2D eigenvalue weighted by Crippen LogP contribution is -2.28. The van der Waals surface area contributed by atoms with Crippen LogP contribution in [0.15, 0.2) is 82.6 Å². The van der Waals surface area contributed by atoms with Crippen LogP contribution in [0.25, 0.3) is 10.9 Å². The number of anilines is 1. The van der Waals surface area contributed by atoms with Gasteiger partial charge in [-0.3, -0.25) is 20.3 Å². The number of rotatable bonds is 7. The maximum Gasteiger partial charge on any atom is 0.293 e. The number of nitrogens with one attached hydrogen (secondary N) is 2. The first-order valence-electron chi connectivity index (χ1n) is 9.27. The van der Waals surface area contributed by atoms with Gasteiger partial charge in [0, 0.05) is 17.5 Å². The van der Waals surface area contributed by atoms with E-state index >= 15 is 0 Å². The molecule has 0 spiro atoms. The predicted octanol–water partition coefficient (Wildman–Crippen LogP) is 3.57. The van der Waals surface area contributed by atoms with Crippen LogP contribution in [0, 0.1) is 10.1 Å². The molecule has 2 N–H and O–H groups in total. The summed E-state index contributed by atoms with van der Waals surface area (Å²) >= 11 is 1.35. The van der Waals surface area contributed by atoms with E-state index in [0.717, 1.165) is 10.9 Å². The number of fused-ring (bicyclic) bond motifs is 1. The van der Waals surface area contributed by atoms with Crippen molar-refractivity contribution in [1.29, 1.82) is 0 Å². The molecular formula is C21H15N7O3S.